The number of anilines is 2. The Morgan fingerprint density at radius 2 is 1.55 bits per heavy atom. The Labute approximate surface area is 189 Å². The number of halogens is 2. The zero-order valence-corrected chi connectivity index (χ0v) is 18.1. The summed E-state index contributed by atoms with van der Waals surface area (Å²) in [6.07, 6.45) is 0. The molecule has 168 valence electrons. The van der Waals surface area contributed by atoms with E-state index in [0.29, 0.717) is 17.1 Å². The van der Waals surface area contributed by atoms with Gasteiger partial charge in [0, 0.05) is 11.8 Å². The lowest BCUT2D eigenvalue weighted by atomic mass is 10.0. The van der Waals surface area contributed by atoms with Crippen LogP contribution in [-0.2, 0) is 9.59 Å². The van der Waals surface area contributed by atoms with Crippen LogP contribution < -0.4 is 19.7 Å². The predicted molar refractivity (Wildman–Crippen MR) is 120 cm³/mol. The molecule has 0 spiro atoms. The molecule has 0 fully saturated rings. The van der Waals surface area contributed by atoms with Gasteiger partial charge in [-0.05, 0) is 54.4 Å². The van der Waals surface area contributed by atoms with Crippen molar-refractivity contribution in [3.05, 3.63) is 89.1 Å². The molecular weight excluding hydrogens is 430 g/mol. The number of carbonyl (C=O) groups is 2. The number of imide groups is 1. The van der Waals surface area contributed by atoms with E-state index in [4.69, 9.17) is 9.47 Å². The van der Waals surface area contributed by atoms with Crippen LogP contribution in [0.5, 0.6) is 11.5 Å². The Morgan fingerprint density at radius 1 is 0.818 bits per heavy atom. The van der Waals surface area contributed by atoms with Crippen LogP contribution in [0.2, 0.25) is 0 Å². The average Bonchev–Trinajstić information content (AvgIpc) is 3.05. The van der Waals surface area contributed by atoms with Gasteiger partial charge >= 0.3 is 0 Å². The molecule has 0 aromatic heterocycles. The number of carbonyl (C=O) groups excluding carboxylic acids is 2. The molecule has 0 radical (unpaired) electrons. The summed E-state index contributed by atoms with van der Waals surface area (Å²) in [7, 11) is 2.96. The van der Waals surface area contributed by atoms with E-state index in [9.17, 15) is 18.4 Å². The van der Waals surface area contributed by atoms with Crippen molar-refractivity contribution in [3.63, 3.8) is 0 Å². The number of ether oxygens (including phenoxy) is 2. The molecular formula is C25H20F2N2O4. The van der Waals surface area contributed by atoms with Crippen LogP contribution in [0.15, 0.2) is 66.4 Å². The van der Waals surface area contributed by atoms with Gasteiger partial charge in [-0.25, -0.2) is 13.7 Å². The number of nitrogens with zero attached hydrogens (tertiary/aromatic N) is 1. The molecule has 33 heavy (non-hydrogen) atoms. The molecule has 1 heterocycles. The maximum absolute atomic E-state index is 13.8. The van der Waals surface area contributed by atoms with Gasteiger partial charge in [-0.3, -0.25) is 9.59 Å². The molecule has 0 saturated heterocycles. The minimum Gasteiger partial charge on any atom is -0.497 e. The molecule has 4 rings (SSSR count). The van der Waals surface area contributed by atoms with E-state index < -0.39 is 23.4 Å². The zero-order valence-electron chi connectivity index (χ0n) is 18.1. The second kappa shape index (κ2) is 8.74. The van der Waals surface area contributed by atoms with Crippen LogP contribution in [0, 0.1) is 18.6 Å². The third-order valence-electron chi connectivity index (χ3n) is 5.23. The van der Waals surface area contributed by atoms with E-state index in [-0.39, 0.29) is 22.6 Å². The molecule has 2 amide bonds. The summed E-state index contributed by atoms with van der Waals surface area (Å²) in [4.78, 5) is 28.1. The van der Waals surface area contributed by atoms with Crippen LogP contribution in [-0.4, -0.2) is 26.0 Å². The Morgan fingerprint density at radius 3 is 2.18 bits per heavy atom. The summed E-state index contributed by atoms with van der Waals surface area (Å²) in [6.45, 7) is 1.83. The average molecular weight is 450 g/mol. The SMILES string of the molecule is COc1ccc(C2=C(Nc3ccc(F)c(F)c3)C(=O)N(c3cc(C)ccc3OC)C2=O)cc1. The van der Waals surface area contributed by atoms with E-state index in [1.165, 1.54) is 20.3 Å². The van der Waals surface area contributed by atoms with Gasteiger partial charge in [-0.15, -0.1) is 0 Å². The van der Waals surface area contributed by atoms with Crippen molar-refractivity contribution in [3.8, 4) is 11.5 Å². The summed E-state index contributed by atoms with van der Waals surface area (Å²) < 4.78 is 37.7. The molecule has 0 saturated carbocycles. The lowest BCUT2D eigenvalue weighted by Crippen LogP contribution is -2.32. The molecule has 0 aliphatic carbocycles. The smallest absolute Gasteiger partial charge is 0.282 e. The fourth-order valence-electron chi connectivity index (χ4n) is 3.58. The molecule has 1 aliphatic heterocycles. The van der Waals surface area contributed by atoms with Crippen molar-refractivity contribution in [2.24, 2.45) is 0 Å². The summed E-state index contributed by atoms with van der Waals surface area (Å²) in [5.41, 5.74) is 1.68. The third kappa shape index (κ3) is 4.03. The Balaban J connectivity index is 1.85. The van der Waals surface area contributed by atoms with E-state index in [1.807, 2.05) is 6.92 Å². The largest absolute Gasteiger partial charge is 0.497 e. The van der Waals surface area contributed by atoms with Crippen molar-refractivity contribution in [1.82, 2.24) is 0 Å². The van der Waals surface area contributed by atoms with Crippen molar-refractivity contribution in [2.75, 3.05) is 24.4 Å². The molecule has 0 unspecified atom stereocenters. The lowest BCUT2D eigenvalue weighted by Gasteiger charge is -2.19. The van der Waals surface area contributed by atoms with E-state index in [1.54, 1.807) is 42.5 Å². The van der Waals surface area contributed by atoms with Crippen molar-refractivity contribution in [2.45, 2.75) is 6.92 Å². The Kier molecular flexibility index (Phi) is 5.83. The minimum absolute atomic E-state index is 0.0697. The monoisotopic (exact) mass is 450 g/mol. The summed E-state index contributed by atoms with van der Waals surface area (Å²) in [6, 6.07) is 14.9. The quantitative estimate of drug-likeness (QED) is 0.552. The van der Waals surface area contributed by atoms with Gasteiger partial charge in [0.05, 0.1) is 25.5 Å². The first-order valence-electron chi connectivity index (χ1n) is 9.98. The van der Waals surface area contributed by atoms with Crippen LogP contribution in [0.1, 0.15) is 11.1 Å². The maximum Gasteiger partial charge on any atom is 0.282 e. The fraction of sp³-hybridized carbons (Fsp3) is 0.120. The third-order valence-corrected chi connectivity index (χ3v) is 5.23. The van der Waals surface area contributed by atoms with E-state index in [2.05, 4.69) is 5.32 Å². The molecule has 0 bridgehead atoms. The van der Waals surface area contributed by atoms with Gasteiger partial charge in [0.15, 0.2) is 11.6 Å². The molecule has 0 atom stereocenters. The standard InChI is InChI=1S/C25H20F2N2O4/c1-14-4-11-21(33-3)20(12-14)29-24(30)22(15-5-8-17(32-2)9-6-15)23(25(29)31)28-16-7-10-18(26)19(27)13-16/h4-13,28H,1-3H3. The number of rotatable bonds is 6. The first-order valence-corrected chi connectivity index (χ1v) is 9.98. The normalized spacial score (nSPS) is 13.5. The number of hydrogen-bond donors (Lipinski definition) is 1. The van der Waals surface area contributed by atoms with Gasteiger partial charge in [-0.1, -0.05) is 18.2 Å². The summed E-state index contributed by atoms with van der Waals surface area (Å²) in [5.74, 6) is -2.43. The van der Waals surface area contributed by atoms with Crippen LogP contribution in [0.4, 0.5) is 20.2 Å². The highest BCUT2D eigenvalue weighted by Crippen LogP contribution is 2.38. The van der Waals surface area contributed by atoms with Crippen molar-refractivity contribution >= 4 is 28.8 Å². The highest BCUT2D eigenvalue weighted by atomic mass is 19.2. The topological polar surface area (TPSA) is 67.9 Å². The van der Waals surface area contributed by atoms with Gasteiger partial charge in [0.25, 0.3) is 11.8 Å². The van der Waals surface area contributed by atoms with Crippen LogP contribution in [0.3, 0.4) is 0 Å². The van der Waals surface area contributed by atoms with Crippen molar-refractivity contribution < 1.29 is 27.8 Å². The first-order chi connectivity index (χ1) is 15.8. The van der Waals surface area contributed by atoms with E-state index in [0.717, 1.165) is 22.6 Å². The molecule has 3 aromatic carbocycles. The Bertz CT molecular complexity index is 1290. The van der Waals surface area contributed by atoms with E-state index >= 15 is 0 Å². The molecule has 8 heteroatoms. The number of amides is 2. The zero-order chi connectivity index (χ0) is 23.7. The first kappa shape index (κ1) is 22.0. The summed E-state index contributed by atoms with van der Waals surface area (Å²) in [5, 5.41) is 2.81. The molecule has 1 N–H and O–H groups in total. The summed E-state index contributed by atoms with van der Waals surface area (Å²) >= 11 is 0. The van der Waals surface area contributed by atoms with Crippen molar-refractivity contribution in [1.29, 1.82) is 0 Å². The molecule has 1 aliphatic rings. The second-order valence-electron chi connectivity index (χ2n) is 7.35. The number of methoxy groups -OCH3 is 2. The highest BCUT2D eigenvalue weighted by molar-refractivity contribution is 6.46. The fourth-order valence-corrected chi connectivity index (χ4v) is 3.58. The maximum atomic E-state index is 13.8. The number of nitrogens with one attached hydrogen (secondary N) is 1. The molecule has 6 nitrogen and oxygen atoms in total. The number of hydrogen-bond acceptors (Lipinski definition) is 5. The highest BCUT2D eigenvalue weighted by Gasteiger charge is 2.41. The molecule has 3 aromatic rings. The number of benzene rings is 3. The van der Waals surface area contributed by atoms with Gasteiger partial charge in [-0.2, -0.15) is 0 Å². The number of aryl methyl sites for hydroxylation is 1. The van der Waals surface area contributed by atoms with Crippen LogP contribution in [0.25, 0.3) is 5.57 Å². The lowest BCUT2D eigenvalue weighted by molar-refractivity contribution is -0.120. The van der Waals surface area contributed by atoms with Gasteiger partial charge < -0.3 is 14.8 Å². The Hall–Kier alpha value is -4.20. The van der Waals surface area contributed by atoms with Crippen LogP contribution >= 0.6 is 0 Å². The van der Waals surface area contributed by atoms with Gasteiger partial charge in [0.1, 0.15) is 17.2 Å². The predicted octanol–water partition coefficient (Wildman–Crippen LogP) is 4.69. The minimum atomic E-state index is -1.08. The van der Waals surface area contributed by atoms with Gasteiger partial charge in [0.2, 0.25) is 0 Å². The second-order valence-corrected chi connectivity index (χ2v) is 7.35.